The first-order valence-electron chi connectivity index (χ1n) is 10.9. The van der Waals surface area contributed by atoms with Gasteiger partial charge in [0.15, 0.2) is 13.1 Å². The zero-order chi connectivity index (χ0) is 18.0. The molecule has 0 N–H and O–H groups in total. The normalized spacial score (nSPS) is 35.1. The lowest BCUT2D eigenvalue weighted by Gasteiger charge is -2.56. The predicted octanol–water partition coefficient (Wildman–Crippen LogP) is 3.96. The molecule has 0 amide bonds. The van der Waals surface area contributed by atoms with Crippen molar-refractivity contribution in [1.29, 1.82) is 0 Å². The highest BCUT2D eigenvalue weighted by molar-refractivity contribution is 5.63. The number of aryl methyl sites for hydroxylation is 1. The smallest absolute Gasteiger partial charge is 0.203 e. The topological polar surface area (TPSA) is 25.4 Å². The van der Waals surface area contributed by atoms with Crippen LogP contribution in [0.25, 0.3) is 11.3 Å². The summed E-state index contributed by atoms with van der Waals surface area (Å²) in [5.74, 6) is 5.20. The van der Waals surface area contributed by atoms with E-state index in [2.05, 4.69) is 35.8 Å². The number of ether oxygens (including phenoxy) is 1. The van der Waals surface area contributed by atoms with Crippen molar-refractivity contribution in [2.75, 3.05) is 26.3 Å². The summed E-state index contributed by atoms with van der Waals surface area (Å²) in [6.45, 7) is 5.84. The molecule has 4 bridgehead atoms. The van der Waals surface area contributed by atoms with Crippen molar-refractivity contribution in [3.8, 4) is 11.3 Å². The van der Waals surface area contributed by atoms with E-state index in [-0.39, 0.29) is 0 Å². The summed E-state index contributed by atoms with van der Waals surface area (Å²) in [6, 6.07) is 9.16. The van der Waals surface area contributed by atoms with E-state index in [1.807, 2.05) is 0 Å². The Bertz CT molecular complexity index is 881. The molecule has 1 saturated heterocycles. The number of fused-ring (bicyclic) bond motifs is 1. The average molecular weight is 365 g/mol. The van der Waals surface area contributed by atoms with Crippen LogP contribution in [-0.4, -0.2) is 26.3 Å². The second kappa shape index (κ2) is 5.94. The molecule has 0 radical (unpaired) electrons. The van der Waals surface area contributed by atoms with Crippen molar-refractivity contribution >= 4 is 0 Å². The molecule has 4 saturated carbocycles. The lowest BCUT2D eigenvalue weighted by Crippen LogP contribution is -2.48. The first-order valence-corrected chi connectivity index (χ1v) is 10.9. The van der Waals surface area contributed by atoms with Crippen LogP contribution in [0.2, 0.25) is 0 Å². The van der Waals surface area contributed by atoms with Crippen LogP contribution in [0, 0.1) is 24.7 Å². The molecular weight excluding hydrogens is 334 g/mol. The minimum absolute atomic E-state index is 0.322. The van der Waals surface area contributed by atoms with E-state index in [0.29, 0.717) is 5.41 Å². The molecule has 2 aliphatic heterocycles. The van der Waals surface area contributed by atoms with Gasteiger partial charge in [0.05, 0.1) is 6.07 Å². The summed E-state index contributed by atoms with van der Waals surface area (Å²) in [5, 5.41) is 1.27. The Labute approximate surface area is 161 Å². The Morgan fingerprint density at radius 1 is 0.926 bits per heavy atom. The predicted molar refractivity (Wildman–Crippen MR) is 106 cm³/mol. The zero-order valence-corrected chi connectivity index (χ0v) is 16.4. The number of benzene rings is 1. The van der Waals surface area contributed by atoms with Crippen LogP contribution in [0.15, 0.2) is 28.7 Å². The van der Waals surface area contributed by atoms with Crippen molar-refractivity contribution < 1.29 is 9.15 Å². The van der Waals surface area contributed by atoms with E-state index in [0.717, 1.165) is 49.8 Å². The molecule has 142 valence electrons. The van der Waals surface area contributed by atoms with E-state index >= 15 is 0 Å². The highest BCUT2D eigenvalue weighted by atomic mass is 16.5. The van der Waals surface area contributed by atoms with Gasteiger partial charge in [0.1, 0.15) is 24.7 Å². The number of hydrogen-bond donors (Lipinski definition) is 0. The van der Waals surface area contributed by atoms with Crippen LogP contribution in [0.1, 0.15) is 49.8 Å². The molecule has 5 aliphatic carbocycles. The fourth-order valence-electron chi connectivity index (χ4n) is 7.04. The van der Waals surface area contributed by atoms with Gasteiger partial charge in [-0.05, 0) is 80.9 Å². The lowest BCUT2D eigenvalue weighted by atomic mass is 9.49. The number of nitrogens with zero attached hydrogens (tertiary/aromatic N) is 1. The third kappa shape index (κ3) is 2.61. The maximum Gasteiger partial charge on any atom is 0.203 e. The summed E-state index contributed by atoms with van der Waals surface area (Å²) < 4.78 is 14.6. The van der Waals surface area contributed by atoms with Crippen LogP contribution in [0.5, 0.6) is 0 Å². The molecule has 0 aromatic rings. The molecule has 7 aliphatic rings. The largest absolute Gasteiger partial charge is 0.460 e. The first kappa shape index (κ1) is 16.4. The van der Waals surface area contributed by atoms with Crippen LogP contribution < -0.4 is 9.93 Å². The second-order valence-corrected chi connectivity index (χ2v) is 9.77. The Balaban J connectivity index is 1.48. The highest BCUT2D eigenvalue weighted by Crippen LogP contribution is 2.61. The Kier molecular flexibility index (Phi) is 3.60. The van der Waals surface area contributed by atoms with Crippen LogP contribution in [0.4, 0.5) is 0 Å². The summed E-state index contributed by atoms with van der Waals surface area (Å²) in [5.41, 5.74) is 2.96. The molecule has 3 heteroatoms. The monoisotopic (exact) mass is 364 g/mol. The Morgan fingerprint density at radius 3 is 2.26 bits per heavy atom. The lowest BCUT2D eigenvalue weighted by molar-refractivity contribution is -0.0156. The van der Waals surface area contributed by atoms with Crippen LogP contribution in [-0.2, 0) is 10.2 Å². The molecule has 5 fully saturated rings. The molecule has 0 atom stereocenters. The maximum absolute atomic E-state index is 6.70. The molecule has 0 unspecified atom stereocenters. The van der Waals surface area contributed by atoms with Gasteiger partial charge in [-0.2, -0.15) is 0 Å². The number of hydrogen-bond acceptors (Lipinski definition) is 2. The van der Waals surface area contributed by atoms with Gasteiger partial charge in [-0.15, -0.1) is 0 Å². The Hall–Kier alpha value is -1.61. The number of morpholine rings is 1. The van der Waals surface area contributed by atoms with Crippen molar-refractivity contribution in [2.45, 2.75) is 50.9 Å². The van der Waals surface area contributed by atoms with E-state index < -0.39 is 0 Å². The van der Waals surface area contributed by atoms with Gasteiger partial charge in [0, 0.05) is 17.0 Å². The third-order valence-corrected chi connectivity index (χ3v) is 7.89. The third-order valence-electron chi connectivity index (χ3n) is 7.89. The SMILES string of the molecule is Cc1cc(C23CC4CC(CC(C4)C2)C3)oc2cc(=[N+]3CCOCC3)ccc1-2. The zero-order valence-electron chi connectivity index (χ0n) is 16.4. The van der Waals surface area contributed by atoms with Gasteiger partial charge < -0.3 is 9.15 Å². The standard InChI is InChI=1S/C24H30NO2/c1-16-8-23(24-13-17-9-18(14-24)11-19(10-17)15-24)27-22-12-20(2-3-21(16)22)25-4-6-26-7-5-25/h2-3,8,12,17-19H,4-7,9-11,13-15H2,1H3/q+1. The van der Waals surface area contributed by atoms with Crippen molar-refractivity contribution in [3.63, 3.8) is 0 Å². The molecule has 7 rings (SSSR count). The summed E-state index contributed by atoms with van der Waals surface area (Å²) in [4.78, 5) is 0. The van der Waals surface area contributed by atoms with Gasteiger partial charge in [-0.25, -0.2) is 4.58 Å². The minimum Gasteiger partial charge on any atom is -0.460 e. The summed E-state index contributed by atoms with van der Waals surface area (Å²) in [7, 11) is 0. The van der Waals surface area contributed by atoms with Crippen molar-refractivity contribution in [3.05, 3.63) is 40.9 Å². The fraction of sp³-hybridized carbons (Fsp3) is 0.625. The molecule has 2 heterocycles. The molecule has 0 spiro atoms. The van der Waals surface area contributed by atoms with Crippen LogP contribution >= 0.6 is 0 Å². The molecular formula is C24H30NO2+. The van der Waals surface area contributed by atoms with Gasteiger partial charge in [-0.3, -0.25) is 0 Å². The van der Waals surface area contributed by atoms with E-state index in [4.69, 9.17) is 9.15 Å². The minimum atomic E-state index is 0.322. The van der Waals surface area contributed by atoms with Crippen molar-refractivity contribution in [2.24, 2.45) is 17.8 Å². The van der Waals surface area contributed by atoms with Gasteiger partial charge in [-0.1, -0.05) is 0 Å². The number of rotatable bonds is 1. The van der Waals surface area contributed by atoms with Gasteiger partial charge in [0.25, 0.3) is 0 Å². The maximum atomic E-state index is 6.70. The Morgan fingerprint density at radius 2 is 1.59 bits per heavy atom. The van der Waals surface area contributed by atoms with Gasteiger partial charge in [0.2, 0.25) is 5.36 Å². The van der Waals surface area contributed by atoms with E-state index in [9.17, 15) is 0 Å². The summed E-state index contributed by atoms with van der Waals surface area (Å²) in [6.07, 6.45) is 8.51. The first-order chi connectivity index (χ1) is 13.2. The quantitative estimate of drug-likeness (QED) is 0.716. The van der Waals surface area contributed by atoms with E-state index in [1.54, 1.807) is 0 Å². The van der Waals surface area contributed by atoms with Crippen LogP contribution in [0.3, 0.4) is 0 Å². The average Bonchev–Trinajstić information content (AvgIpc) is 2.67. The second-order valence-electron chi connectivity index (χ2n) is 9.77. The van der Waals surface area contributed by atoms with Gasteiger partial charge >= 0.3 is 0 Å². The highest BCUT2D eigenvalue weighted by Gasteiger charge is 2.53. The van der Waals surface area contributed by atoms with Crippen molar-refractivity contribution in [1.82, 2.24) is 4.58 Å². The fourth-order valence-corrected chi connectivity index (χ4v) is 7.04. The van der Waals surface area contributed by atoms with E-state index in [1.165, 1.54) is 60.8 Å². The molecule has 0 aromatic carbocycles. The molecule has 27 heavy (non-hydrogen) atoms. The summed E-state index contributed by atoms with van der Waals surface area (Å²) >= 11 is 0. The molecule has 0 aromatic heterocycles. The molecule has 3 nitrogen and oxygen atoms in total.